The fourth-order valence-electron chi connectivity index (χ4n) is 1.83. The zero-order chi connectivity index (χ0) is 13.4. The number of nitrogens with zero attached hydrogens (tertiary/aromatic N) is 1. The molecule has 6 heteroatoms. The highest BCUT2D eigenvalue weighted by Gasteiger charge is 2.19. The van der Waals surface area contributed by atoms with Gasteiger partial charge in [0.2, 0.25) is 5.88 Å². The van der Waals surface area contributed by atoms with Crippen molar-refractivity contribution < 1.29 is 4.52 Å². The van der Waals surface area contributed by atoms with E-state index in [-0.39, 0.29) is 0 Å². The van der Waals surface area contributed by atoms with Gasteiger partial charge in [0.25, 0.3) is 0 Å². The standard InChI is InChI=1S/C13H8Br2N2OS/c14-7-3-4-8(9(15)6-7)12-11(13(16)18-17-12)10-2-1-5-19-10/h1-6H,16H2. The molecule has 0 spiro atoms. The van der Waals surface area contributed by atoms with Gasteiger partial charge in [-0.25, -0.2) is 0 Å². The van der Waals surface area contributed by atoms with E-state index in [0.29, 0.717) is 5.88 Å². The number of hydrogen-bond donors (Lipinski definition) is 1. The van der Waals surface area contributed by atoms with E-state index in [2.05, 4.69) is 37.0 Å². The molecule has 0 atom stereocenters. The Morgan fingerprint density at radius 3 is 2.74 bits per heavy atom. The van der Waals surface area contributed by atoms with Gasteiger partial charge in [-0.2, -0.15) is 0 Å². The molecule has 96 valence electrons. The zero-order valence-electron chi connectivity index (χ0n) is 9.56. The largest absolute Gasteiger partial charge is 0.367 e. The molecular formula is C13H8Br2N2OS. The van der Waals surface area contributed by atoms with E-state index in [0.717, 1.165) is 30.6 Å². The highest BCUT2D eigenvalue weighted by molar-refractivity contribution is 9.11. The average Bonchev–Trinajstić information content (AvgIpc) is 2.98. The molecular weight excluding hydrogens is 392 g/mol. The summed E-state index contributed by atoms with van der Waals surface area (Å²) in [5, 5.41) is 6.10. The Morgan fingerprint density at radius 1 is 1.21 bits per heavy atom. The van der Waals surface area contributed by atoms with Crippen LogP contribution in [-0.4, -0.2) is 5.16 Å². The topological polar surface area (TPSA) is 52.0 Å². The SMILES string of the molecule is Nc1onc(-c2ccc(Br)cc2Br)c1-c1cccs1. The molecule has 3 nitrogen and oxygen atoms in total. The first-order chi connectivity index (χ1) is 9.16. The van der Waals surface area contributed by atoms with Crippen LogP contribution in [0.5, 0.6) is 0 Å². The molecule has 3 aromatic rings. The summed E-state index contributed by atoms with van der Waals surface area (Å²) in [6, 6.07) is 9.89. The molecule has 0 fully saturated rings. The molecule has 0 aliphatic heterocycles. The van der Waals surface area contributed by atoms with E-state index in [4.69, 9.17) is 10.3 Å². The van der Waals surface area contributed by atoms with Crippen molar-refractivity contribution in [2.45, 2.75) is 0 Å². The summed E-state index contributed by atoms with van der Waals surface area (Å²) in [5.41, 5.74) is 8.45. The molecule has 0 bridgehead atoms. The molecule has 2 heterocycles. The van der Waals surface area contributed by atoms with Gasteiger partial charge in [-0.15, -0.1) is 11.3 Å². The van der Waals surface area contributed by atoms with E-state index < -0.39 is 0 Å². The Kier molecular flexibility index (Phi) is 3.47. The number of nitrogens with two attached hydrogens (primary N) is 1. The molecule has 1 aromatic carbocycles. The number of benzene rings is 1. The zero-order valence-corrected chi connectivity index (χ0v) is 13.5. The van der Waals surface area contributed by atoms with Crippen molar-refractivity contribution in [3.8, 4) is 21.7 Å². The van der Waals surface area contributed by atoms with Gasteiger partial charge in [-0.1, -0.05) is 49.1 Å². The number of nitrogen functional groups attached to an aromatic ring is 1. The number of halogens is 2. The highest BCUT2D eigenvalue weighted by atomic mass is 79.9. The fraction of sp³-hybridized carbons (Fsp3) is 0. The predicted molar refractivity (Wildman–Crippen MR) is 85.1 cm³/mol. The summed E-state index contributed by atoms with van der Waals surface area (Å²) in [4.78, 5) is 1.04. The lowest BCUT2D eigenvalue weighted by molar-refractivity contribution is 0.439. The van der Waals surface area contributed by atoms with Gasteiger partial charge in [0.05, 0.1) is 5.56 Å². The normalized spacial score (nSPS) is 10.8. The first-order valence-corrected chi connectivity index (χ1v) is 7.88. The summed E-state index contributed by atoms with van der Waals surface area (Å²) < 4.78 is 7.10. The molecule has 2 N–H and O–H groups in total. The molecule has 0 radical (unpaired) electrons. The summed E-state index contributed by atoms with van der Waals surface area (Å²) in [6.07, 6.45) is 0. The Morgan fingerprint density at radius 2 is 2.05 bits per heavy atom. The minimum absolute atomic E-state index is 0.340. The van der Waals surface area contributed by atoms with Gasteiger partial charge in [0.1, 0.15) is 5.69 Å². The third-order valence-corrected chi connectivity index (χ3v) is 4.71. The van der Waals surface area contributed by atoms with Gasteiger partial charge in [0.15, 0.2) is 0 Å². The van der Waals surface area contributed by atoms with Crippen LogP contribution in [0.4, 0.5) is 5.88 Å². The molecule has 0 aliphatic rings. The van der Waals surface area contributed by atoms with E-state index in [1.54, 1.807) is 11.3 Å². The van der Waals surface area contributed by atoms with Gasteiger partial charge >= 0.3 is 0 Å². The monoisotopic (exact) mass is 398 g/mol. The summed E-state index contributed by atoms with van der Waals surface area (Å²) in [6.45, 7) is 0. The van der Waals surface area contributed by atoms with Crippen LogP contribution in [0.15, 0.2) is 49.2 Å². The van der Waals surface area contributed by atoms with Crippen LogP contribution >= 0.6 is 43.2 Å². The quantitative estimate of drug-likeness (QED) is 0.645. The minimum atomic E-state index is 0.340. The van der Waals surface area contributed by atoms with E-state index in [1.165, 1.54) is 0 Å². The molecule has 0 saturated carbocycles. The Balaban J connectivity index is 2.21. The molecule has 0 aliphatic carbocycles. The minimum Gasteiger partial charge on any atom is -0.367 e. The number of anilines is 1. The lowest BCUT2D eigenvalue weighted by Crippen LogP contribution is -1.86. The van der Waals surface area contributed by atoms with Crippen LogP contribution in [0.3, 0.4) is 0 Å². The van der Waals surface area contributed by atoms with Crippen LogP contribution in [0.2, 0.25) is 0 Å². The molecule has 0 unspecified atom stereocenters. The van der Waals surface area contributed by atoms with Crippen LogP contribution < -0.4 is 5.73 Å². The smallest absolute Gasteiger partial charge is 0.231 e. The third-order valence-electron chi connectivity index (χ3n) is 2.67. The van der Waals surface area contributed by atoms with Crippen molar-refractivity contribution in [3.05, 3.63) is 44.7 Å². The fourth-order valence-corrected chi connectivity index (χ4v) is 3.84. The highest BCUT2D eigenvalue weighted by Crippen LogP contribution is 2.41. The van der Waals surface area contributed by atoms with E-state index >= 15 is 0 Å². The first-order valence-electron chi connectivity index (χ1n) is 5.41. The number of hydrogen-bond acceptors (Lipinski definition) is 4. The van der Waals surface area contributed by atoms with Crippen molar-refractivity contribution in [1.82, 2.24) is 5.16 Å². The second kappa shape index (κ2) is 5.11. The maximum Gasteiger partial charge on any atom is 0.231 e. The van der Waals surface area contributed by atoms with E-state index in [1.807, 2.05) is 35.7 Å². The van der Waals surface area contributed by atoms with Crippen molar-refractivity contribution >= 4 is 49.1 Å². The first kappa shape index (κ1) is 12.9. The molecule has 3 rings (SSSR count). The van der Waals surface area contributed by atoms with Crippen molar-refractivity contribution in [3.63, 3.8) is 0 Å². The third kappa shape index (κ3) is 2.35. The number of aromatic nitrogens is 1. The summed E-state index contributed by atoms with van der Waals surface area (Å²) in [7, 11) is 0. The van der Waals surface area contributed by atoms with Crippen molar-refractivity contribution in [2.24, 2.45) is 0 Å². The molecule has 19 heavy (non-hydrogen) atoms. The average molecular weight is 400 g/mol. The van der Waals surface area contributed by atoms with Crippen LogP contribution in [0.1, 0.15) is 0 Å². The van der Waals surface area contributed by atoms with Crippen molar-refractivity contribution in [2.75, 3.05) is 5.73 Å². The number of thiophene rings is 1. The molecule has 0 saturated heterocycles. The lowest BCUT2D eigenvalue weighted by Gasteiger charge is -2.03. The maximum absolute atomic E-state index is 5.90. The molecule has 2 aromatic heterocycles. The summed E-state index contributed by atoms with van der Waals surface area (Å²) in [5.74, 6) is 0.340. The van der Waals surface area contributed by atoms with Gasteiger partial charge < -0.3 is 10.3 Å². The Hall–Kier alpha value is -1.11. The van der Waals surface area contributed by atoms with Crippen LogP contribution in [0.25, 0.3) is 21.7 Å². The Labute approximate surface area is 130 Å². The van der Waals surface area contributed by atoms with Gasteiger partial charge in [0, 0.05) is 19.4 Å². The van der Waals surface area contributed by atoms with Gasteiger partial charge in [-0.05, 0) is 23.6 Å². The van der Waals surface area contributed by atoms with Crippen LogP contribution in [-0.2, 0) is 0 Å². The Bertz CT molecular complexity index is 722. The summed E-state index contributed by atoms with van der Waals surface area (Å²) >= 11 is 8.58. The maximum atomic E-state index is 5.90. The molecule has 0 amide bonds. The lowest BCUT2D eigenvalue weighted by atomic mass is 10.1. The number of rotatable bonds is 2. The van der Waals surface area contributed by atoms with Crippen molar-refractivity contribution in [1.29, 1.82) is 0 Å². The van der Waals surface area contributed by atoms with E-state index in [9.17, 15) is 0 Å². The van der Waals surface area contributed by atoms with Gasteiger partial charge in [-0.3, -0.25) is 0 Å². The second-order valence-corrected chi connectivity index (χ2v) is 6.59. The predicted octanol–water partition coefficient (Wildman–Crippen LogP) is 5.18. The second-order valence-electron chi connectivity index (χ2n) is 3.87. The van der Waals surface area contributed by atoms with Crippen LogP contribution in [0, 0.1) is 0 Å².